The van der Waals surface area contributed by atoms with Gasteiger partial charge in [0.1, 0.15) is 5.75 Å². The van der Waals surface area contributed by atoms with Crippen LogP contribution < -0.4 is 10.1 Å². The van der Waals surface area contributed by atoms with E-state index in [4.69, 9.17) is 4.74 Å². The fourth-order valence-corrected chi connectivity index (χ4v) is 1.87. The van der Waals surface area contributed by atoms with Gasteiger partial charge in [-0.05, 0) is 25.8 Å². The molecule has 2 unspecified atom stereocenters. The first-order valence-corrected chi connectivity index (χ1v) is 6.45. The van der Waals surface area contributed by atoms with Gasteiger partial charge in [-0.3, -0.25) is 0 Å². The van der Waals surface area contributed by atoms with Gasteiger partial charge in [0.25, 0.3) is 0 Å². The molecule has 0 aliphatic carbocycles. The molecule has 17 heavy (non-hydrogen) atoms. The first kappa shape index (κ1) is 14.0. The summed E-state index contributed by atoms with van der Waals surface area (Å²) in [6, 6.07) is 6.85. The summed E-state index contributed by atoms with van der Waals surface area (Å²) in [7, 11) is 1.73. The van der Waals surface area contributed by atoms with Crippen LogP contribution in [0, 0.1) is 12.8 Å². The second kappa shape index (κ2) is 6.65. The van der Waals surface area contributed by atoms with Crippen LogP contribution in [0.3, 0.4) is 0 Å². The average molecular weight is 235 g/mol. The van der Waals surface area contributed by atoms with Crippen molar-refractivity contribution in [3.8, 4) is 5.75 Å². The Labute approximate surface area is 105 Å². The second-order valence-corrected chi connectivity index (χ2v) is 4.87. The lowest BCUT2D eigenvalue weighted by atomic mass is 10.0. The molecule has 2 nitrogen and oxygen atoms in total. The molecule has 1 N–H and O–H groups in total. The number of hydrogen-bond acceptors (Lipinski definition) is 2. The highest BCUT2D eigenvalue weighted by molar-refractivity contribution is 5.36. The normalized spacial score (nSPS) is 14.4. The molecule has 1 aromatic rings. The van der Waals surface area contributed by atoms with Crippen LogP contribution in [0.15, 0.2) is 18.2 Å². The maximum absolute atomic E-state index is 5.38. The van der Waals surface area contributed by atoms with Crippen LogP contribution in [-0.4, -0.2) is 13.2 Å². The van der Waals surface area contributed by atoms with Crippen molar-refractivity contribution in [1.29, 1.82) is 0 Å². The molecule has 0 aromatic heterocycles. The zero-order chi connectivity index (χ0) is 12.8. The van der Waals surface area contributed by atoms with E-state index in [0.29, 0.717) is 12.0 Å². The summed E-state index contributed by atoms with van der Waals surface area (Å²) < 4.78 is 5.38. The summed E-state index contributed by atoms with van der Waals surface area (Å²) >= 11 is 0. The van der Waals surface area contributed by atoms with Crippen molar-refractivity contribution >= 4 is 0 Å². The van der Waals surface area contributed by atoms with Crippen LogP contribution in [0.4, 0.5) is 0 Å². The Kier molecular flexibility index (Phi) is 5.49. The minimum atomic E-state index is 0.533. The molecule has 0 spiro atoms. The van der Waals surface area contributed by atoms with Crippen molar-refractivity contribution < 1.29 is 4.74 Å². The third-order valence-electron chi connectivity index (χ3n) is 3.55. The molecule has 0 radical (unpaired) electrons. The lowest BCUT2D eigenvalue weighted by molar-refractivity contribution is 0.378. The van der Waals surface area contributed by atoms with E-state index >= 15 is 0 Å². The highest BCUT2D eigenvalue weighted by atomic mass is 16.5. The van der Waals surface area contributed by atoms with Gasteiger partial charge in [-0.1, -0.05) is 38.0 Å². The van der Waals surface area contributed by atoms with Crippen molar-refractivity contribution in [2.75, 3.05) is 7.11 Å². The number of hydrogen-bond donors (Lipinski definition) is 1. The van der Waals surface area contributed by atoms with E-state index < -0.39 is 0 Å². The van der Waals surface area contributed by atoms with E-state index in [-0.39, 0.29) is 0 Å². The average Bonchev–Trinajstić information content (AvgIpc) is 2.35. The standard InChI is InChI=1S/C15H25NO/c1-6-12(3)13(4)16-10-14-9-11(2)7-8-15(14)17-5/h7-9,12-13,16H,6,10H2,1-5H3. The predicted molar refractivity (Wildman–Crippen MR) is 73.5 cm³/mol. The lowest BCUT2D eigenvalue weighted by Crippen LogP contribution is -2.31. The maximum Gasteiger partial charge on any atom is 0.123 e. The first-order chi connectivity index (χ1) is 8.08. The highest BCUT2D eigenvalue weighted by Crippen LogP contribution is 2.20. The number of nitrogens with one attached hydrogen (secondary N) is 1. The number of aryl methyl sites for hydroxylation is 1. The van der Waals surface area contributed by atoms with Crippen LogP contribution in [-0.2, 0) is 6.54 Å². The molecule has 0 amide bonds. The first-order valence-electron chi connectivity index (χ1n) is 6.45. The number of methoxy groups -OCH3 is 1. The fraction of sp³-hybridized carbons (Fsp3) is 0.600. The van der Waals surface area contributed by atoms with Gasteiger partial charge < -0.3 is 10.1 Å². The second-order valence-electron chi connectivity index (χ2n) is 4.87. The molecule has 96 valence electrons. The Morgan fingerprint density at radius 3 is 2.59 bits per heavy atom. The Morgan fingerprint density at radius 1 is 1.29 bits per heavy atom. The molecule has 2 heteroatoms. The summed E-state index contributed by atoms with van der Waals surface area (Å²) in [6.45, 7) is 9.75. The Bertz CT molecular complexity index is 349. The Morgan fingerprint density at radius 2 is 2.00 bits per heavy atom. The zero-order valence-electron chi connectivity index (χ0n) is 11.7. The molecular formula is C15H25NO. The van der Waals surface area contributed by atoms with E-state index in [9.17, 15) is 0 Å². The van der Waals surface area contributed by atoms with Gasteiger partial charge in [-0.15, -0.1) is 0 Å². The molecule has 2 atom stereocenters. The maximum atomic E-state index is 5.38. The predicted octanol–water partition coefficient (Wildman–Crippen LogP) is 3.53. The number of benzene rings is 1. The number of rotatable bonds is 6. The van der Waals surface area contributed by atoms with Crippen molar-refractivity contribution in [2.45, 2.75) is 46.7 Å². The zero-order valence-corrected chi connectivity index (χ0v) is 11.7. The van der Waals surface area contributed by atoms with Crippen LogP contribution in [0.25, 0.3) is 0 Å². The molecule has 0 aliphatic heterocycles. The van der Waals surface area contributed by atoms with Gasteiger partial charge in [0.2, 0.25) is 0 Å². The third-order valence-corrected chi connectivity index (χ3v) is 3.55. The van der Waals surface area contributed by atoms with Crippen LogP contribution in [0.5, 0.6) is 5.75 Å². The van der Waals surface area contributed by atoms with Crippen LogP contribution in [0.2, 0.25) is 0 Å². The van der Waals surface area contributed by atoms with E-state index in [1.54, 1.807) is 7.11 Å². The van der Waals surface area contributed by atoms with E-state index in [2.05, 4.69) is 45.1 Å². The van der Waals surface area contributed by atoms with Crippen molar-refractivity contribution in [1.82, 2.24) is 5.32 Å². The Balaban J connectivity index is 2.65. The number of ether oxygens (including phenoxy) is 1. The minimum Gasteiger partial charge on any atom is -0.496 e. The monoisotopic (exact) mass is 235 g/mol. The minimum absolute atomic E-state index is 0.533. The molecule has 0 heterocycles. The van der Waals surface area contributed by atoms with Crippen molar-refractivity contribution in [3.63, 3.8) is 0 Å². The quantitative estimate of drug-likeness (QED) is 0.814. The van der Waals surface area contributed by atoms with Gasteiger partial charge >= 0.3 is 0 Å². The highest BCUT2D eigenvalue weighted by Gasteiger charge is 2.10. The smallest absolute Gasteiger partial charge is 0.123 e. The van der Waals surface area contributed by atoms with Crippen molar-refractivity contribution in [3.05, 3.63) is 29.3 Å². The molecule has 0 bridgehead atoms. The summed E-state index contributed by atoms with van der Waals surface area (Å²) in [6.07, 6.45) is 1.21. The molecule has 1 aromatic carbocycles. The fourth-order valence-electron chi connectivity index (χ4n) is 1.87. The summed E-state index contributed by atoms with van der Waals surface area (Å²) in [5, 5.41) is 3.57. The molecule has 0 aliphatic rings. The van der Waals surface area contributed by atoms with Crippen LogP contribution >= 0.6 is 0 Å². The van der Waals surface area contributed by atoms with Gasteiger partial charge in [0.05, 0.1) is 7.11 Å². The van der Waals surface area contributed by atoms with Gasteiger partial charge in [-0.25, -0.2) is 0 Å². The van der Waals surface area contributed by atoms with Gasteiger partial charge in [-0.2, -0.15) is 0 Å². The molecule has 1 rings (SSSR count). The molecule has 0 fully saturated rings. The molecular weight excluding hydrogens is 210 g/mol. The summed E-state index contributed by atoms with van der Waals surface area (Å²) in [4.78, 5) is 0. The van der Waals surface area contributed by atoms with Gasteiger partial charge in [0, 0.05) is 18.2 Å². The largest absolute Gasteiger partial charge is 0.496 e. The third kappa shape index (κ3) is 4.04. The topological polar surface area (TPSA) is 21.3 Å². The van der Waals surface area contributed by atoms with E-state index in [0.717, 1.165) is 12.3 Å². The van der Waals surface area contributed by atoms with Crippen molar-refractivity contribution in [2.24, 2.45) is 5.92 Å². The summed E-state index contributed by atoms with van der Waals surface area (Å²) in [5.41, 5.74) is 2.52. The van der Waals surface area contributed by atoms with Crippen LogP contribution in [0.1, 0.15) is 38.3 Å². The lowest BCUT2D eigenvalue weighted by Gasteiger charge is -2.20. The Hall–Kier alpha value is -1.02. The molecule has 0 saturated carbocycles. The van der Waals surface area contributed by atoms with E-state index in [1.807, 2.05) is 6.07 Å². The SMILES string of the molecule is CCC(C)C(C)NCc1cc(C)ccc1OC. The van der Waals surface area contributed by atoms with E-state index in [1.165, 1.54) is 17.5 Å². The molecule has 0 saturated heterocycles. The van der Waals surface area contributed by atoms with Gasteiger partial charge in [0.15, 0.2) is 0 Å². The summed E-state index contributed by atoms with van der Waals surface area (Å²) in [5.74, 6) is 1.67.